The lowest BCUT2D eigenvalue weighted by molar-refractivity contribution is -0.142. The van der Waals surface area contributed by atoms with Crippen molar-refractivity contribution >= 4 is 47.8 Å². The third kappa shape index (κ3) is 30.7. The summed E-state index contributed by atoms with van der Waals surface area (Å²) in [5, 5.41) is 31.8. The minimum absolute atomic E-state index is 0.0125. The van der Waals surface area contributed by atoms with Crippen LogP contribution in [0, 0.1) is 0 Å². The standard InChI is InChI=1S/C40H63N5O14/c46-22-25-58-27-26-56-24-21-43-38(51)30-59-29-28-57-23-20-42-35(48)18-16-33(40(54)55)45-37(50)14-8-3-9-19-41-34(47)17-15-32(39(52)53)44-36(49)13-7-2-6-12-31-10-4-1-5-11-31/h1,4-5,10-11,22,32-33H,2-3,6-9,12-21,23-30H2,(H,41,47)(H,42,48)(H,43,51)(H,44,49)(H,45,50)(H,52,53)(H,54,55)/t32-,33-/m0/s1. The average molecular weight is 838 g/mol. The molecule has 0 aliphatic heterocycles. The number of rotatable bonds is 38. The van der Waals surface area contributed by atoms with E-state index >= 15 is 0 Å². The summed E-state index contributed by atoms with van der Waals surface area (Å²) in [5.74, 6) is -4.41. The third-order valence-corrected chi connectivity index (χ3v) is 8.50. The Morgan fingerprint density at radius 2 is 1.02 bits per heavy atom. The molecule has 1 aromatic rings. The van der Waals surface area contributed by atoms with Gasteiger partial charge in [-0.25, -0.2) is 9.59 Å². The third-order valence-electron chi connectivity index (χ3n) is 8.50. The molecule has 19 heteroatoms. The van der Waals surface area contributed by atoms with E-state index in [0.29, 0.717) is 51.7 Å². The number of aldehydes is 1. The van der Waals surface area contributed by atoms with Crippen LogP contribution in [0.1, 0.15) is 82.6 Å². The van der Waals surface area contributed by atoms with Gasteiger partial charge in [0.2, 0.25) is 29.5 Å². The first-order valence-electron chi connectivity index (χ1n) is 20.1. The van der Waals surface area contributed by atoms with Gasteiger partial charge in [-0.3, -0.25) is 24.0 Å². The van der Waals surface area contributed by atoms with Crippen molar-refractivity contribution in [2.45, 2.75) is 95.6 Å². The zero-order valence-electron chi connectivity index (χ0n) is 33.9. The lowest BCUT2D eigenvalue weighted by atomic mass is 10.1. The molecule has 0 saturated heterocycles. The summed E-state index contributed by atoms with van der Waals surface area (Å²) < 4.78 is 20.7. The molecule has 0 spiro atoms. The molecular formula is C40H63N5O14. The van der Waals surface area contributed by atoms with Crippen LogP contribution in [-0.4, -0.2) is 143 Å². The first-order valence-corrected chi connectivity index (χ1v) is 20.1. The van der Waals surface area contributed by atoms with Gasteiger partial charge in [0.25, 0.3) is 0 Å². The lowest BCUT2D eigenvalue weighted by Crippen LogP contribution is -2.41. The molecule has 19 nitrogen and oxygen atoms in total. The van der Waals surface area contributed by atoms with Crippen LogP contribution < -0.4 is 26.6 Å². The number of aryl methyl sites for hydroxylation is 1. The number of hydrogen-bond donors (Lipinski definition) is 7. The fourth-order valence-electron chi connectivity index (χ4n) is 5.34. The van der Waals surface area contributed by atoms with E-state index in [4.69, 9.17) is 18.9 Å². The second kappa shape index (κ2) is 35.0. The van der Waals surface area contributed by atoms with E-state index < -0.39 is 35.8 Å². The van der Waals surface area contributed by atoms with Gasteiger partial charge in [-0.1, -0.05) is 43.2 Å². The van der Waals surface area contributed by atoms with Crippen LogP contribution in [0.15, 0.2) is 30.3 Å². The van der Waals surface area contributed by atoms with E-state index in [1.54, 1.807) is 0 Å². The number of carboxylic acids is 2. The molecule has 0 fully saturated rings. The van der Waals surface area contributed by atoms with Crippen LogP contribution in [-0.2, 0) is 63.7 Å². The van der Waals surface area contributed by atoms with Crippen molar-refractivity contribution in [2.24, 2.45) is 0 Å². The molecular weight excluding hydrogens is 774 g/mol. The van der Waals surface area contributed by atoms with Crippen molar-refractivity contribution in [2.75, 3.05) is 72.5 Å². The highest BCUT2D eigenvalue weighted by Crippen LogP contribution is 2.09. The van der Waals surface area contributed by atoms with Gasteiger partial charge in [0, 0.05) is 45.3 Å². The fraction of sp³-hybridized carbons (Fsp3) is 0.650. The Labute approximate surface area is 345 Å². The van der Waals surface area contributed by atoms with E-state index in [1.807, 2.05) is 18.2 Å². The summed E-state index contributed by atoms with van der Waals surface area (Å²) in [7, 11) is 0. The van der Waals surface area contributed by atoms with Crippen molar-refractivity contribution in [3.63, 3.8) is 0 Å². The summed E-state index contributed by atoms with van der Waals surface area (Å²) in [6, 6.07) is 7.60. The predicted molar refractivity (Wildman–Crippen MR) is 213 cm³/mol. The van der Waals surface area contributed by atoms with Crippen molar-refractivity contribution in [1.82, 2.24) is 26.6 Å². The van der Waals surface area contributed by atoms with Crippen LogP contribution in [0.5, 0.6) is 0 Å². The smallest absolute Gasteiger partial charge is 0.326 e. The van der Waals surface area contributed by atoms with Gasteiger partial charge in [0.05, 0.1) is 39.6 Å². The van der Waals surface area contributed by atoms with Crippen molar-refractivity contribution in [1.29, 1.82) is 0 Å². The molecule has 2 atom stereocenters. The highest BCUT2D eigenvalue weighted by Gasteiger charge is 2.22. The Bertz CT molecular complexity index is 1380. The normalized spacial score (nSPS) is 11.8. The van der Waals surface area contributed by atoms with E-state index in [1.165, 1.54) is 5.56 Å². The largest absolute Gasteiger partial charge is 0.480 e. The number of hydrogen-bond acceptors (Lipinski definition) is 12. The Morgan fingerprint density at radius 3 is 1.56 bits per heavy atom. The van der Waals surface area contributed by atoms with E-state index in [0.717, 1.165) is 19.3 Å². The predicted octanol–water partition coefficient (Wildman–Crippen LogP) is 0.663. The Morgan fingerprint density at radius 1 is 0.525 bits per heavy atom. The monoisotopic (exact) mass is 837 g/mol. The van der Waals surface area contributed by atoms with Crippen molar-refractivity contribution < 1.29 is 67.5 Å². The molecule has 0 aliphatic carbocycles. The molecule has 0 radical (unpaired) electrons. The minimum Gasteiger partial charge on any atom is -0.480 e. The topological polar surface area (TPSA) is 274 Å². The average Bonchev–Trinajstić information content (AvgIpc) is 3.21. The quantitative estimate of drug-likeness (QED) is 0.0356. The van der Waals surface area contributed by atoms with Crippen molar-refractivity contribution in [3.05, 3.63) is 35.9 Å². The molecule has 0 unspecified atom stereocenters. The number of carbonyl (C=O) groups excluding carboxylic acids is 6. The first kappa shape index (κ1) is 52.0. The second-order valence-corrected chi connectivity index (χ2v) is 13.4. The molecule has 5 amide bonds. The van der Waals surface area contributed by atoms with E-state index in [2.05, 4.69) is 38.7 Å². The van der Waals surface area contributed by atoms with Gasteiger partial charge in [-0.2, -0.15) is 0 Å². The summed E-state index contributed by atoms with van der Waals surface area (Å²) in [5.41, 5.74) is 1.23. The number of carbonyl (C=O) groups is 8. The molecule has 0 aromatic heterocycles. The second-order valence-electron chi connectivity index (χ2n) is 13.4. The SMILES string of the molecule is O=CCOCCOCCNC(=O)COCCOCCNC(=O)CC[C@H](NC(=O)CCCCCNC(=O)CC[C@H](NC(=O)CCCCCc1ccccc1)C(=O)O)C(=O)O. The summed E-state index contributed by atoms with van der Waals surface area (Å²) in [6.07, 6.45) is 5.38. The van der Waals surface area contributed by atoms with Gasteiger partial charge in [0.15, 0.2) is 0 Å². The fourth-order valence-corrected chi connectivity index (χ4v) is 5.34. The molecule has 0 aliphatic rings. The summed E-state index contributed by atoms with van der Waals surface area (Å²) in [6.45, 7) is 1.99. The number of benzene rings is 1. The maximum absolute atomic E-state index is 12.3. The highest BCUT2D eigenvalue weighted by atomic mass is 16.5. The maximum atomic E-state index is 12.3. The van der Waals surface area contributed by atoms with Gasteiger partial charge in [0.1, 0.15) is 31.6 Å². The van der Waals surface area contributed by atoms with Gasteiger partial charge < -0.3 is 60.5 Å². The zero-order valence-corrected chi connectivity index (χ0v) is 33.9. The molecule has 7 N–H and O–H groups in total. The summed E-state index contributed by atoms with van der Waals surface area (Å²) >= 11 is 0. The van der Waals surface area contributed by atoms with E-state index in [9.17, 15) is 48.6 Å². The zero-order chi connectivity index (χ0) is 43.4. The lowest BCUT2D eigenvalue weighted by Gasteiger charge is -2.15. The Balaban J connectivity index is 2.07. The van der Waals surface area contributed by atoms with Gasteiger partial charge in [-0.05, 0) is 50.5 Å². The minimum atomic E-state index is -1.27. The molecule has 0 saturated carbocycles. The molecule has 1 rings (SSSR count). The molecule has 0 bridgehead atoms. The van der Waals surface area contributed by atoms with Crippen LogP contribution in [0.25, 0.3) is 0 Å². The maximum Gasteiger partial charge on any atom is 0.326 e. The van der Waals surface area contributed by atoms with Crippen LogP contribution in [0.3, 0.4) is 0 Å². The van der Waals surface area contributed by atoms with Crippen LogP contribution >= 0.6 is 0 Å². The number of carboxylic acid groups (broad SMARTS) is 2. The Kier molecular flexibility index (Phi) is 30.9. The molecule has 59 heavy (non-hydrogen) atoms. The van der Waals surface area contributed by atoms with E-state index in [-0.39, 0.29) is 109 Å². The number of ether oxygens (including phenoxy) is 4. The van der Waals surface area contributed by atoms with Crippen LogP contribution in [0.4, 0.5) is 0 Å². The highest BCUT2D eigenvalue weighted by molar-refractivity contribution is 5.85. The number of nitrogens with one attached hydrogen (secondary N) is 5. The summed E-state index contributed by atoms with van der Waals surface area (Å²) in [4.78, 5) is 94.1. The van der Waals surface area contributed by atoms with Crippen LogP contribution in [0.2, 0.25) is 0 Å². The number of amides is 5. The van der Waals surface area contributed by atoms with Gasteiger partial charge in [-0.15, -0.1) is 0 Å². The van der Waals surface area contributed by atoms with Gasteiger partial charge >= 0.3 is 11.9 Å². The first-order chi connectivity index (χ1) is 28.5. The molecule has 0 heterocycles. The molecule has 332 valence electrons. The van der Waals surface area contributed by atoms with Crippen molar-refractivity contribution in [3.8, 4) is 0 Å². The molecule has 1 aromatic carbocycles. The number of unbranched alkanes of at least 4 members (excludes halogenated alkanes) is 4. The number of aliphatic carboxylic acids is 2. The Hall–Kier alpha value is -4.98.